The maximum absolute atomic E-state index is 12.5. The second-order valence-electron chi connectivity index (χ2n) is 6.52. The van der Waals surface area contributed by atoms with Crippen molar-refractivity contribution < 1.29 is 18.3 Å². The molecule has 2 aromatic heterocycles. The quantitative estimate of drug-likeness (QED) is 0.676. The van der Waals surface area contributed by atoms with Crippen LogP contribution in [0.4, 0.5) is 0 Å². The van der Waals surface area contributed by atoms with Gasteiger partial charge >= 0.3 is 5.97 Å². The van der Waals surface area contributed by atoms with Crippen LogP contribution in [0.25, 0.3) is 16.7 Å². The number of pyridine rings is 1. The highest BCUT2D eigenvalue weighted by Gasteiger charge is 2.20. The van der Waals surface area contributed by atoms with Gasteiger partial charge in [-0.2, -0.15) is 4.98 Å². The Balaban J connectivity index is 2.09. The van der Waals surface area contributed by atoms with E-state index in [1.54, 1.807) is 0 Å². The summed E-state index contributed by atoms with van der Waals surface area (Å²) in [6.45, 7) is 0. The number of fused-ring (bicyclic) bond motifs is 2. The molecule has 2 heterocycles. The van der Waals surface area contributed by atoms with E-state index in [9.17, 15) is 23.1 Å². The van der Waals surface area contributed by atoms with E-state index in [0.29, 0.717) is 5.69 Å². The molecule has 1 aliphatic rings. The molecule has 1 aromatic carbocycles. The van der Waals surface area contributed by atoms with Gasteiger partial charge in [-0.3, -0.25) is 4.79 Å². The molecule has 0 saturated heterocycles. The molecule has 0 atom stereocenters. The van der Waals surface area contributed by atoms with Crippen molar-refractivity contribution in [1.29, 1.82) is 0 Å². The third-order valence-electron chi connectivity index (χ3n) is 4.64. The third-order valence-corrected chi connectivity index (χ3v) is 5.50. The molecule has 27 heavy (non-hydrogen) atoms. The van der Waals surface area contributed by atoms with Crippen LogP contribution < -0.4 is 5.43 Å². The lowest BCUT2D eigenvalue weighted by Gasteiger charge is -2.13. The van der Waals surface area contributed by atoms with Crippen LogP contribution in [0.1, 0.15) is 27.9 Å². The number of carboxylic acid groups (broad SMARTS) is 1. The largest absolute Gasteiger partial charge is 0.477 e. The molecule has 8 nitrogen and oxygen atoms in total. The molecule has 0 saturated carbocycles. The van der Waals surface area contributed by atoms with Crippen LogP contribution in [0.15, 0.2) is 40.5 Å². The van der Waals surface area contributed by atoms with E-state index in [-0.39, 0.29) is 11.0 Å². The van der Waals surface area contributed by atoms with Gasteiger partial charge in [-0.25, -0.2) is 18.2 Å². The van der Waals surface area contributed by atoms with E-state index >= 15 is 0 Å². The molecule has 0 aliphatic heterocycles. The summed E-state index contributed by atoms with van der Waals surface area (Å²) in [4.78, 5) is 31.8. The van der Waals surface area contributed by atoms with Gasteiger partial charge in [0.15, 0.2) is 5.65 Å². The number of nitrogens with zero attached hydrogens (tertiary/aromatic N) is 3. The fourth-order valence-corrected chi connectivity index (χ4v) is 3.83. The number of aromatic carboxylic acids is 1. The summed E-state index contributed by atoms with van der Waals surface area (Å²) in [6.07, 6.45) is 6.17. The van der Waals surface area contributed by atoms with Crippen molar-refractivity contribution in [2.75, 3.05) is 6.26 Å². The number of hydrogen-bond donors (Lipinski definition) is 1. The monoisotopic (exact) mass is 385 g/mol. The first-order chi connectivity index (χ1) is 12.8. The number of carboxylic acids is 1. The van der Waals surface area contributed by atoms with E-state index in [1.165, 1.54) is 16.3 Å². The Kier molecular flexibility index (Phi) is 3.84. The molecule has 0 amide bonds. The lowest BCUT2D eigenvalue weighted by atomic mass is 10.1. The Hall–Kier alpha value is -3.07. The highest BCUT2D eigenvalue weighted by molar-refractivity contribution is 7.90. The summed E-state index contributed by atoms with van der Waals surface area (Å²) in [5, 5.41) is 8.91. The number of carbonyl (C=O) groups is 1. The van der Waals surface area contributed by atoms with Crippen LogP contribution in [0.5, 0.6) is 0 Å². The van der Waals surface area contributed by atoms with Crippen LogP contribution in [-0.2, 0) is 22.7 Å². The second kappa shape index (κ2) is 5.98. The zero-order valence-corrected chi connectivity index (χ0v) is 15.2. The topological polar surface area (TPSA) is 119 Å². The van der Waals surface area contributed by atoms with Crippen LogP contribution in [0, 0.1) is 0 Å². The zero-order valence-electron chi connectivity index (χ0n) is 14.3. The van der Waals surface area contributed by atoms with Crippen molar-refractivity contribution in [3.05, 3.63) is 57.5 Å². The van der Waals surface area contributed by atoms with Crippen LogP contribution in [-0.4, -0.2) is 40.3 Å². The predicted molar refractivity (Wildman–Crippen MR) is 97.2 cm³/mol. The summed E-state index contributed by atoms with van der Waals surface area (Å²) in [7, 11) is -3.70. The SMILES string of the molecule is CS(=O)(=O)c1ncc2c(=O)c(C(=O)O)cn(-c3ccc4c(c3)CCC4)c2n1. The predicted octanol–water partition coefficient (Wildman–Crippen LogP) is 1.37. The van der Waals surface area contributed by atoms with E-state index in [4.69, 9.17) is 0 Å². The van der Waals surface area contributed by atoms with Crippen molar-refractivity contribution in [1.82, 2.24) is 14.5 Å². The smallest absolute Gasteiger partial charge is 0.341 e. The molecule has 9 heteroatoms. The number of sulfone groups is 1. The van der Waals surface area contributed by atoms with E-state index < -0.39 is 32.0 Å². The Bertz CT molecular complexity index is 1280. The lowest BCUT2D eigenvalue weighted by molar-refractivity contribution is 0.0695. The standard InChI is InChI=1S/C18H15N3O5S/c1-27(25,26)18-19-8-13-15(22)14(17(23)24)9-21(16(13)20-18)12-6-5-10-3-2-4-11(10)7-12/h5-9H,2-4H2,1H3,(H,23,24). The zero-order chi connectivity index (χ0) is 19.3. The van der Waals surface area contributed by atoms with Crippen molar-refractivity contribution in [3.63, 3.8) is 0 Å². The van der Waals surface area contributed by atoms with Gasteiger partial charge in [-0.15, -0.1) is 0 Å². The van der Waals surface area contributed by atoms with E-state index in [1.807, 2.05) is 18.2 Å². The minimum atomic E-state index is -3.70. The molecule has 1 aliphatic carbocycles. The number of hydrogen-bond acceptors (Lipinski definition) is 6. The molecule has 4 rings (SSSR count). The van der Waals surface area contributed by atoms with Crippen molar-refractivity contribution in [2.24, 2.45) is 0 Å². The van der Waals surface area contributed by atoms with Gasteiger partial charge in [-0.1, -0.05) is 6.07 Å². The van der Waals surface area contributed by atoms with Crippen molar-refractivity contribution in [3.8, 4) is 5.69 Å². The highest BCUT2D eigenvalue weighted by Crippen LogP contribution is 2.26. The van der Waals surface area contributed by atoms with Crippen LogP contribution >= 0.6 is 0 Å². The molecule has 3 aromatic rings. The second-order valence-corrected chi connectivity index (χ2v) is 8.43. The molecular formula is C18H15N3O5S. The van der Waals surface area contributed by atoms with Crippen LogP contribution in [0.3, 0.4) is 0 Å². The van der Waals surface area contributed by atoms with Gasteiger partial charge in [0.1, 0.15) is 5.56 Å². The average molecular weight is 385 g/mol. The first kappa shape index (κ1) is 17.3. The minimum absolute atomic E-state index is 0.0530. The summed E-state index contributed by atoms with van der Waals surface area (Å²) in [6, 6.07) is 5.68. The lowest BCUT2D eigenvalue weighted by Crippen LogP contribution is -2.20. The Morgan fingerprint density at radius 3 is 2.67 bits per heavy atom. The van der Waals surface area contributed by atoms with Crippen molar-refractivity contribution >= 4 is 26.8 Å². The summed E-state index contributed by atoms with van der Waals surface area (Å²) in [5.74, 6) is -1.37. The maximum Gasteiger partial charge on any atom is 0.341 e. The van der Waals surface area contributed by atoms with Crippen LogP contribution in [0.2, 0.25) is 0 Å². The molecule has 0 radical (unpaired) electrons. The van der Waals surface area contributed by atoms with E-state index in [2.05, 4.69) is 9.97 Å². The maximum atomic E-state index is 12.5. The molecule has 0 fully saturated rings. The fourth-order valence-electron chi connectivity index (χ4n) is 3.33. The van der Waals surface area contributed by atoms with Gasteiger partial charge in [0.05, 0.1) is 5.39 Å². The Morgan fingerprint density at radius 1 is 1.22 bits per heavy atom. The highest BCUT2D eigenvalue weighted by atomic mass is 32.2. The molecule has 1 N–H and O–H groups in total. The molecule has 0 unspecified atom stereocenters. The Labute approximate surface area is 154 Å². The normalized spacial score (nSPS) is 13.7. The van der Waals surface area contributed by atoms with Gasteiger partial charge in [-0.05, 0) is 42.5 Å². The fraction of sp³-hybridized carbons (Fsp3) is 0.222. The summed E-state index contributed by atoms with van der Waals surface area (Å²) >= 11 is 0. The number of aryl methyl sites for hydroxylation is 2. The number of aromatic nitrogens is 3. The Morgan fingerprint density at radius 2 is 1.96 bits per heavy atom. The molecular weight excluding hydrogens is 370 g/mol. The van der Waals surface area contributed by atoms with E-state index in [0.717, 1.165) is 37.3 Å². The number of benzene rings is 1. The first-order valence-corrected chi connectivity index (χ1v) is 10.1. The van der Waals surface area contributed by atoms with Crippen molar-refractivity contribution in [2.45, 2.75) is 24.4 Å². The molecule has 0 bridgehead atoms. The first-order valence-electron chi connectivity index (χ1n) is 8.23. The number of rotatable bonds is 3. The van der Waals surface area contributed by atoms with Gasteiger partial charge in [0.25, 0.3) is 0 Å². The van der Waals surface area contributed by atoms with Gasteiger partial charge < -0.3 is 9.67 Å². The average Bonchev–Trinajstić information content (AvgIpc) is 3.08. The summed E-state index contributed by atoms with van der Waals surface area (Å²) < 4.78 is 25.1. The van der Waals surface area contributed by atoms with Gasteiger partial charge in [0, 0.05) is 24.3 Å². The molecule has 138 valence electrons. The summed E-state index contributed by atoms with van der Waals surface area (Å²) in [5.41, 5.74) is 1.86. The van der Waals surface area contributed by atoms with Gasteiger partial charge in [0.2, 0.25) is 20.4 Å². The third kappa shape index (κ3) is 2.89. The minimum Gasteiger partial charge on any atom is -0.477 e. The molecule has 0 spiro atoms.